The molecule has 35 heavy (non-hydrogen) atoms. The second-order valence-electron chi connectivity index (χ2n) is 9.37. The number of imidazole rings is 1. The molecule has 1 atom stereocenters. The third-order valence-corrected chi connectivity index (χ3v) is 4.98. The number of nitrogens with one attached hydrogen (secondary N) is 2. The maximum absolute atomic E-state index is 14.0. The summed E-state index contributed by atoms with van der Waals surface area (Å²) in [6.45, 7) is 10.3. The Morgan fingerprint density at radius 3 is 2.46 bits per heavy atom. The van der Waals surface area contributed by atoms with Gasteiger partial charge in [0.2, 0.25) is 0 Å². The van der Waals surface area contributed by atoms with Gasteiger partial charge >= 0.3 is 6.09 Å². The number of aromatic nitrogens is 2. The summed E-state index contributed by atoms with van der Waals surface area (Å²) in [5.41, 5.74) is 1.01. The molecule has 0 radical (unpaired) electrons. The molecule has 0 fully saturated rings. The highest BCUT2D eigenvalue weighted by Crippen LogP contribution is 2.26. The number of carbonyl (C=O) groups excluding carboxylic acids is 2. The first-order valence-corrected chi connectivity index (χ1v) is 11.2. The highest BCUT2D eigenvalue weighted by molar-refractivity contribution is 5.95. The highest BCUT2D eigenvalue weighted by atomic mass is 19.1. The van der Waals surface area contributed by atoms with Gasteiger partial charge in [0.15, 0.2) is 11.4 Å². The first-order chi connectivity index (χ1) is 16.4. The van der Waals surface area contributed by atoms with Crippen molar-refractivity contribution in [1.82, 2.24) is 20.0 Å². The molecule has 1 unspecified atom stereocenters. The predicted molar refractivity (Wildman–Crippen MR) is 127 cm³/mol. The summed E-state index contributed by atoms with van der Waals surface area (Å²) in [4.78, 5) is 29.4. The van der Waals surface area contributed by atoms with Crippen LogP contribution in [-0.4, -0.2) is 39.6 Å². The molecule has 2 aromatic heterocycles. The Balaban J connectivity index is 1.76. The molecular formula is C25H30F2N4O4. The van der Waals surface area contributed by atoms with Gasteiger partial charge in [0.05, 0.1) is 11.3 Å². The molecule has 8 nitrogen and oxygen atoms in total. The topological polar surface area (TPSA) is 94.0 Å². The first kappa shape index (κ1) is 25.9. The second kappa shape index (κ2) is 10.3. The number of fused-ring (bicyclic) bond motifs is 1. The summed E-state index contributed by atoms with van der Waals surface area (Å²) in [6.07, 6.45) is 1.15. The standard InChI is InChI=1S/C25H30F2N4O4/c1-14-10-20(34-13-17-18(26)8-7-9-19(17)27)22-30-16(3)21(31(22)12-14)23(32)28-11-15(2)29-24(33)35-25(4,5)6/h7-10,12,15H,11,13H2,1-6H3,(H,28,32)(H,29,33). The molecule has 3 rings (SSSR count). The third kappa shape index (κ3) is 6.46. The molecular weight excluding hydrogens is 458 g/mol. The number of rotatable bonds is 7. The highest BCUT2D eigenvalue weighted by Gasteiger charge is 2.22. The van der Waals surface area contributed by atoms with Crippen molar-refractivity contribution < 1.29 is 27.8 Å². The number of aryl methyl sites for hydroxylation is 2. The van der Waals surface area contributed by atoms with Crippen LogP contribution in [0.15, 0.2) is 30.5 Å². The molecule has 0 bridgehead atoms. The summed E-state index contributed by atoms with van der Waals surface area (Å²) in [7, 11) is 0. The van der Waals surface area contributed by atoms with E-state index >= 15 is 0 Å². The van der Waals surface area contributed by atoms with Gasteiger partial charge in [-0.15, -0.1) is 0 Å². The van der Waals surface area contributed by atoms with Crippen LogP contribution in [0.4, 0.5) is 13.6 Å². The summed E-state index contributed by atoms with van der Waals surface area (Å²) >= 11 is 0. The molecule has 2 amide bonds. The third-order valence-electron chi connectivity index (χ3n) is 4.98. The summed E-state index contributed by atoms with van der Waals surface area (Å²) < 4.78 is 40.5. The largest absolute Gasteiger partial charge is 0.485 e. The van der Waals surface area contributed by atoms with Crippen molar-refractivity contribution in [3.05, 3.63) is 64.6 Å². The number of ether oxygens (including phenoxy) is 2. The van der Waals surface area contributed by atoms with E-state index in [4.69, 9.17) is 9.47 Å². The molecule has 3 aromatic rings. The number of halogens is 2. The fourth-order valence-electron chi connectivity index (χ4n) is 3.45. The Morgan fingerprint density at radius 1 is 1.17 bits per heavy atom. The van der Waals surface area contributed by atoms with Crippen molar-refractivity contribution in [2.75, 3.05) is 6.54 Å². The fourth-order valence-corrected chi connectivity index (χ4v) is 3.45. The van der Waals surface area contributed by atoms with E-state index in [1.54, 1.807) is 58.2 Å². The van der Waals surface area contributed by atoms with Crippen LogP contribution in [0.3, 0.4) is 0 Å². The number of nitrogens with zero attached hydrogens (tertiary/aromatic N) is 2. The van der Waals surface area contributed by atoms with Crippen molar-refractivity contribution >= 4 is 17.6 Å². The number of carbonyl (C=O) groups is 2. The Bertz CT molecular complexity index is 1230. The molecule has 1 aromatic carbocycles. The van der Waals surface area contributed by atoms with Crippen LogP contribution < -0.4 is 15.4 Å². The van der Waals surface area contributed by atoms with Gasteiger partial charge in [-0.05, 0) is 65.3 Å². The van der Waals surface area contributed by atoms with Crippen LogP contribution in [0.1, 0.15) is 55.0 Å². The van der Waals surface area contributed by atoms with Gasteiger partial charge in [-0.2, -0.15) is 0 Å². The van der Waals surface area contributed by atoms with Crippen LogP contribution in [0, 0.1) is 25.5 Å². The second-order valence-corrected chi connectivity index (χ2v) is 9.37. The van der Waals surface area contributed by atoms with Gasteiger partial charge in [0.25, 0.3) is 5.91 Å². The van der Waals surface area contributed by atoms with E-state index in [1.165, 1.54) is 6.07 Å². The normalized spacial score (nSPS) is 12.3. The zero-order valence-corrected chi connectivity index (χ0v) is 20.7. The summed E-state index contributed by atoms with van der Waals surface area (Å²) in [5, 5.41) is 5.46. The van der Waals surface area contributed by atoms with Gasteiger partial charge in [-0.1, -0.05) is 6.07 Å². The SMILES string of the molecule is Cc1cc(OCc2c(F)cccc2F)c2nc(C)c(C(=O)NCC(C)NC(=O)OC(C)(C)C)n2c1. The van der Waals surface area contributed by atoms with Gasteiger partial charge in [-0.25, -0.2) is 18.6 Å². The fraction of sp³-hybridized carbons (Fsp3) is 0.400. The van der Waals surface area contributed by atoms with Gasteiger partial charge in [-0.3, -0.25) is 9.20 Å². The minimum Gasteiger partial charge on any atom is -0.485 e. The summed E-state index contributed by atoms with van der Waals surface area (Å²) in [6, 6.07) is 4.91. The Hall–Kier alpha value is -3.69. The van der Waals surface area contributed by atoms with E-state index in [0.29, 0.717) is 11.3 Å². The van der Waals surface area contributed by atoms with Crippen LogP contribution in [0.5, 0.6) is 5.75 Å². The number of amides is 2. The minimum absolute atomic E-state index is 0.159. The molecule has 10 heteroatoms. The molecule has 0 saturated heterocycles. The lowest BCUT2D eigenvalue weighted by Gasteiger charge is -2.22. The number of hydrogen-bond donors (Lipinski definition) is 2. The van der Waals surface area contributed by atoms with Gasteiger partial charge < -0.3 is 20.1 Å². The molecule has 0 aliphatic rings. The van der Waals surface area contributed by atoms with Crippen molar-refractivity contribution in [2.45, 2.75) is 59.8 Å². The van der Waals surface area contributed by atoms with E-state index in [9.17, 15) is 18.4 Å². The maximum atomic E-state index is 14.0. The van der Waals surface area contributed by atoms with Crippen molar-refractivity contribution in [3.63, 3.8) is 0 Å². The average Bonchev–Trinajstić information content (AvgIpc) is 3.05. The van der Waals surface area contributed by atoms with E-state index in [1.807, 2.05) is 0 Å². The lowest BCUT2D eigenvalue weighted by molar-refractivity contribution is 0.0506. The minimum atomic E-state index is -0.706. The van der Waals surface area contributed by atoms with E-state index in [0.717, 1.165) is 17.7 Å². The maximum Gasteiger partial charge on any atom is 0.407 e. The van der Waals surface area contributed by atoms with Crippen LogP contribution in [0.25, 0.3) is 5.65 Å². The summed E-state index contributed by atoms with van der Waals surface area (Å²) in [5.74, 6) is -1.52. The molecule has 0 spiro atoms. The molecule has 188 valence electrons. The molecule has 0 aliphatic heterocycles. The van der Waals surface area contributed by atoms with Crippen LogP contribution >= 0.6 is 0 Å². The predicted octanol–water partition coefficient (Wildman–Crippen LogP) is 4.45. The Morgan fingerprint density at radius 2 is 1.83 bits per heavy atom. The number of alkyl carbamates (subject to hydrolysis) is 1. The monoisotopic (exact) mass is 488 g/mol. The number of hydrogen-bond acceptors (Lipinski definition) is 5. The zero-order valence-electron chi connectivity index (χ0n) is 20.7. The van der Waals surface area contributed by atoms with Crippen molar-refractivity contribution in [1.29, 1.82) is 0 Å². The number of benzene rings is 1. The lowest BCUT2D eigenvalue weighted by Crippen LogP contribution is -2.44. The van der Waals surface area contributed by atoms with Crippen molar-refractivity contribution in [2.24, 2.45) is 0 Å². The van der Waals surface area contributed by atoms with Crippen LogP contribution in [0.2, 0.25) is 0 Å². The molecule has 2 N–H and O–H groups in total. The first-order valence-electron chi connectivity index (χ1n) is 11.2. The Labute approximate surface area is 202 Å². The molecule has 2 heterocycles. The van der Waals surface area contributed by atoms with Crippen molar-refractivity contribution in [3.8, 4) is 5.75 Å². The van der Waals surface area contributed by atoms with Gasteiger partial charge in [0.1, 0.15) is 29.5 Å². The van der Waals surface area contributed by atoms with E-state index in [2.05, 4.69) is 15.6 Å². The van der Waals surface area contributed by atoms with E-state index < -0.39 is 29.2 Å². The smallest absolute Gasteiger partial charge is 0.407 e. The molecule has 0 saturated carbocycles. The van der Waals surface area contributed by atoms with Crippen LogP contribution in [-0.2, 0) is 11.3 Å². The van der Waals surface area contributed by atoms with E-state index in [-0.39, 0.29) is 36.2 Å². The number of pyridine rings is 1. The molecule has 0 aliphatic carbocycles. The van der Waals surface area contributed by atoms with Gasteiger partial charge in [0, 0.05) is 18.8 Å². The average molecular weight is 489 g/mol. The Kier molecular flexibility index (Phi) is 7.62. The lowest BCUT2D eigenvalue weighted by atomic mass is 10.2. The quantitative estimate of drug-likeness (QED) is 0.513. The zero-order chi connectivity index (χ0) is 25.9.